The molecule has 2 rings (SSSR count). The highest BCUT2D eigenvalue weighted by Gasteiger charge is 2.09. The summed E-state index contributed by atoms with van der Waals surface area (Å²) in [6, 6.07) is 5.26. The third kappa shape index (κ3) is 3.40. The lowest BCUT2D eigenvalue weighted by Gasteiger charge is -2.08. The first-order chi connectivity index (χ1) is 9.06. The molecule has 0 spiro atoms. The molecule has 0 amide bonds. The lowest BCUT2D eigenvalue weighted by atomic mass is 10.2. The molecule has 2 aromatic carbocycles. The fraction of sp³-hybridized carbons (Fsp3) is 0. The molecule has 2 aromatic rings. The van der Waals surface area contributed by atoms with Crippen molar-refractivity contribution in [2.24, 2.45) is 0 Å². The molecule has 0 heterocycles. The quantitative estimate of drug-likeness (QED) is 0.628. The van der Waals surface area contributed by atoms with E-state index in [4.69, 9.17) is 9.31 Å². The Kier molecular flexibility index (Phi) is 3.94. The average molecular weight is 270 g/mol. The molecular weight excluding hydrogens is 263 g/mol. The van der Waals surface area contributed by atoms with Crippen molar-refractivity contribution in [3.63, 3.8) is 0 Å². The van der Waals surface area contributed by atoms with Crippen LogP contribution in [0.5, 0.6) is 11.5 Å². The normalized spacial score (nSPS) is 10.1. The largest absolute Gasteiger partial charge is 0.576 e. The van der Waals surface area contributed by atoms with Crippen molar-refractivity contribution < 1.29 is 26.9 Å². The Morgan fingerprint density at radius 2 is 1.11 bits per heavy atom. The van der Waals surface area contributed by atoms with Crippen molar-refractivity contribution in [2.75, 3.05) is 0 Å². The molecule has 0 aliphatic rings. The highest BCUT2D eigenvalue weighted by atomic mass is 19.1. The molecule has 7 heteroatoms. The predicted molar refractivity (Wildman–Crippen MR) is 61.1 cm³/mol. The van der Waals surface area contributed by atoms with Crippen LogP contribution in [0.2, 0.25) is 0 Å². The maximum Gasteiger partial charge on any atom is 0.576 e. The van der Waals surface area contributed by atoms with Gasteiger partial charge in [-0.3, -0.25) is 0 Å². The van der Waals surface area contributed by atoms with Crippen LogP contribution in [0.1, 0.15) is 0 Å². The molecule has 19 heavy (non-hydrogen) atoms. The standard InChI is InChI=1S/C12H7BF4O2/c14-7-1-3-9(16)11(5-7)18-13-19-12-6-8(15)2-4-10(12)17/h1-6,13H. The van der Waals surface area contributed by atoms with E-state index in [-0.39, 0.29) is 11.5 Å². The Morgan fingerprint density at radius 1 is 0.684 bits per heavy atom. The number of benzene rings is 2. The van der Waals surface area contributed by atoms with Gasteiger partial charge in [0.1, 0.15) is 23.1 Å². The van der Waals surface area contributed by atoms with Gasteiger partial charge in [-0.05, 0) is 24.3 Å². The van der Waals surface area contributed by atoms with Crippen molar-refractivity contribution in [3.8, 4) is 11.5 Å². The zero-order valence-electron chi connectivity index (χ0n) is 9.50. The van der Waals surface area contributed by atoms with Crippen LogP contribution in [-0.4, -0.2) is 7.69 Å². The highest BCUT2D eigenvalue weighted by molar-refractivity contribution is 6.20. The van der Waals surface area contributed by atoms with Gasteiger partial charge in [-0.15, -0.1) is 0 Å². The van der Waals surface area contributed by atoms with E-state index in [1.165, 1.54) is 0 Å². The second-order valence-corrected chi connectivity index (χ2v) is 3.56. The number of rotatable bonds is 4. The van der Waals surface area contributed by atoms with Gasteiger partial charge < -0.3 is 9.31 Å². The van der Waals surface area contributed by atoms with Crippen LogP contribution in [0.25, 0.3) is 0 Å². The van der Waals surface area contributed by atoms with E-state index in [1.54, 1.807) is 0 Å². The summed E-state index contributed by atoms with van der Waals surface area (Å²) in [5.41, 5.74) is 0. The van der Waals surface area contributed by atoms with E-state index in [0.29, 0.717) is 0 Å². The maximum absolute atomic E-state index is 13.2. The van der Waals surface area contributed by atoms with Gasteiger partial charge in [-0.1, -0.05) is 0 Å². The summed E-state index contributed by atoms with van der Waals surface area (Å²) in [6.45, 7) is 0. The van der Waals surface area contributed by atoms with Crippen LogP contribution in [-0.2, 0) is 0 Å². The van der Waals surface area contributed by atoms with Crippen molar-refractivity contribution >= 4 is 7.69 Å². The van der Waals surface area contributed by atoms with Crippen molar-refractivity contribution in [1.82, 2.24) is 0 Å². The summed E-state index contributed by atoms with van der Waals surface area (Å²) in [5.74, 6) is -3.70. The first-order valence-corrected chi connectivity index (χ1v) is 5.22. The van der Waals surface area contributed by atoms with E-state index in [9.17, 15) is 17.6 Å². The predicted octanol–water partition coefficient (Wildman–Crippen LogP) is 2.97. The van der Waals surface area contributed by atoms with Gasteiger partial charge in [0.25, 0.3) is 0 Å². The lowest BCUT2D eigenvalue weighted by Crippen LogP contribution is -2.13. The fourth-order valence-corrected chi connectivity index (χ4v) is 1.33. The second kappa shape index (κ2) is 5.64. The minimum atomic E-state index is -0.787. The Balaban J connectivity index is 2.00. The lowest BCUT2D eigenvalue weighted by molar-refractivity contribution is 0.416. The maximum atomic E-state index is 13.2. The van der Waals surface area contributed by atoms with E-state index in [1.807, 2.05) is 0 Å². The molecule has 2 nitrogen and oxygen atoms in total. The van der Waals surface area contributed by atoms with E-state index in [2.05, 4.69) is 0 Å². The van der Waals surface area contributed by atoms with Crippen molar-refractivity contribution in [3.05, 3.63) is 59.7 Å². The second-order valence-electron chi connectivity index (χ2n) is 3.56. The summed E-state index contributed by atoms with van der Waals surface area (Å²) < 4.78 is 61.5. The van der Waals surface area contributed by atoms with Gasteiger partial charge in [0.05, 0.1) is 0 Å². The Labute approximate surface area is 106 Å². The van der Waals surface area contributed by atoms with Gasteiger partial charge >= 0.3 is 7.69 Å². The van der Waals surface area contributed by atoms with Crippen molar-refractivity contribution in [2.45, 2.75) is 0 Å². The van der Waals surface area contributed by atoms with Crippen LogP contribution in [0.4, 0.5) is 17.6 Å². The Morgan fingerprint density at radius 3 is 1.53 bits per heavy atom. The monoisotopic (exact) mass is 270 g/mol. The molecule has 0 radical (unpaired) electrons. The highest BCUT2D eigenvalue weighted by Crippen LogP contribution is 2.20. The summed E-state index contributed by atoms with van der Waals surface area (Å²) in [4.78, 5) is 0. The topological polar surface area (TPSA) is 18.5 Å². The van der Waals surface area contributed by atoms with Crippen LogP contribution in [0.3, 0.4) is 0 Å². The van der Waals surface area contributed by atoms with Crippen LogP contribution >= 0.6 is 0 Å². The molecule has 0 bridgehead atoms. The van der Waals surface area contributed by atoms with Crippen LogP contribution in [0.15, 0.2) is 36.4 Å². The number of hydrogen-bond donors (Lipinski definition) is 0. The summed E-state index contributed by atoms with van der Waals surface area (Å²) in [6.07, 6.45) is 0. The minimum absolute atomic E-state index is 0.378. The molecule has 0 fully saturated rings. The smallest absolute Gasteiger partial charge is 0.526 e. The summed E-state index contributed by atoms with van der Waals surface area (Å²) in [7, 11) is -0.583. The molecule has 98 valence electrons. The van der Waals surface area contributed by atoms with E-state index >= 15 is 0 Å². The number of hydrogen-bond acceptors (Lipinski definition) is 2. The van der Waals surface area contributed by atoms with E-state index < -0.39 is 31.0 Å². The Bertz CT molecular complexity index is 540. The van der Waals surface area contributed by atoms with Gasteiger partial charge in [0, 0.05) is 12.1 Å². The van der Waals surface area contributed by atoms with Gasteiger partial charge in [0.2, 0.25) is 0 Å². The Hall–Kier alpha value is -2.18. The molecule has 0 N–H and O–H groups in total. The van der Waals surface area contributed by atoms with E-state index in [0.717, 1.165) is 36.4 Å². The average Bonchev–Trinajstić information content (AvgIpc) is 2.38. The third-order valence-electron chi connectivity index (χ3n) is 2.22. The number of halogens is 4. The van der Waals surface area contributed by atoms with Gasteiger partial charge in [-0.2, -0.15) is 0 Å². The zero-order chi connectivity index (χ0) is 13.8. The molecule has 0 saturated carbocycles. The SMILES string of the molecule is Fc1ccc(F)c(OBOc2cc(F)ccc2F)c1. The molecule has 0 atom stereocenters. The third-order valence-corrected chi connectivity index (χ3v) is 2.22. The minimum Gasteiger partial charge on any atom is -0.526 e. The van der Waals surface area contributed by atoms with Crippen LogP contribution < -0.4 is 9.31 Å². The molecule has 0 aromatic heterocycles. The first kappa shape index (κ1) is 13.3. The van der Waals surface area contributed by atoms with Gasteiger partial charge in [-0.25, -0.2) is 17.6 Å². The molecule has 0 aliphatic carbocycles. The zero-order valence-corrected chi connectivity index (χ0v) is 9.50. The van der Waals surface area contributed by atoms with Gasteiger partial charge in [0.15, 0.2) is 11.6 Å². The summed E-state index contributed by atoms with van der Waals surface area (Å²) >= 11 is 0. The fourth-order valence-electron chi connectivity index (χ4n) is 1.33. The molecule has 0 saturated heterocycles. The van der Waals surface area contributed by atoms with Crippen molar-refractivity contribution in [1.29, 1.82) is 0 Å². The van der Waals surface area contributed by atoms with Crippen LogP contribution in [0, 0.1) is 23.3 Å². The molecule has 0 aliphatic heterocycles. The molecular formula is C12H7BF4O2. The summed E-state index contributed by atoms with van der Waals surface area (Å²) in [5, 5.41) is 0. The first-order valence-electron chi connectivity index (χ1n) is 5.22. The molecule has 0 unspecified atom stereocenters.